The Labute approximate surface area is 116 Å². The third-order valence-corrected chi connectivity index (χ3v) is 3.78. The number of carbonyl (C=O) groups excluding carboxylic acids is 1. The SMILES string of the molecule is O=C(CC1CCCO1)NC(CBr)c1ccccc1. The van der Waals surface area contributed by atoms with Crippen molar-refractivity contribution >= 4 is 21.8 Å². The van der Waals surface area contributed by atoms with E-state index in [1.165, 1.54) is 0 Å². The molecule has 18 heavy (non-hydrogen) atoms. The number of amides is 1. The predicted octanol–water partition coefficient (Wildman–Crippen LogP) is 2.81. The maximum atomic E-state index is 11.9. The Balaban J connectivity index is 1.87. The minimum absolute atomic E-state index is 0.0279. The van der Waals surface area contributed by atoms with Crippen LogP contribution >= 0.6 is 15.9 Å². The molecule has 0 bridgehead atoms. The molecule has 0 spiro atoms. The summed E-state index contributed by atoms with van der Waals surface area (Å²) in [5.41, 5.74) is 1.12. The molecule has 0 aromatic heterocycles. The summed E-state index contributed by atoms with van der Waals surface area (Å²) < 4.78 is 5.47. The minimum atomic E-state index is 0.0279. The summed E-state index contributed by atoms with van der Waals surface area (Å²) in [5.74, 6) is 0.0650. The molecule has 2 unspecified atom stereocenters. The van der Waals surface area contributed by atoms with Crippen LogP contribution in [-0.4, -0.2) is 23.9 Å². The Morgan fingerprint density at radius 1 is 1.44 bits per heavy atom. The molecule has 1 amide bonds. The smallest absolute Gasteiger partial charge is 0.223 e. The van der Waals surface area contributed by atoms with Gasteiger partial charge in [-0.25, -0.2) is 0 Å². The number of hydrogen-bond donors (Lipinski definition) is 1. The molecule has 1 saturated heterocycles. The zero-order valence-corrected chi connectivity index (χ0v) is 11.9. The number of hydrogen-bond acceptors (Lipinski definition) is 2. The molecule has 1 fully saturated rings. The van der Waals surface area contributed by atoms with Crippen molar-refractivity contribution < 1.29 is 9.53 Å². The van der Waals surface area contributed by atoms with Crippen molar-refractivity contribution in [2.45, 2.75) is 31.4 Å². The van der Waals surface area contributed by atoms with E-state index in [-0.39, 0.29) is 18.1 Å². The Hall–Kier alpha value is -0.870. The van der Waals surface area contributed by atoms with Crippen molar-refractivity contribution in [3.63, 3.8) is 0 Å². The fourth-order valence-corrected chi connectivity index (χ4v) is 2.70. The fourth-order valence-electron chi connectivity index (χ4n) is 2.16. The van der Waals surface area contributed by atoms with E-state index in [1.54, 1.807) is 0 Å². The standard InChI is InChI=1S/C14H18BrNO2/c15-10-13(11-5-2-1-3-6-11)16-14(17)9-12-7-4-8-18-12/h1-3,5-6,12-13H,4,7-10H2,(H,16,17). The number of benzene rings is 1. The van der Waals surface area contributed by atoms with Crippen LogP contribution in [0.1, 0.15) is 30.9 Å². The Bertz CT molecular complexity index is 377. The quantitative estimate of drug-likeness (QED) is 0.849. The molecule has 0 radical (unpaired) electrons. The van der Waals surface area contributed by atoms with Crippen LogP contribution in [0, 0.1) is 0 Å². The predicted molar refractivity (Wildman–Crippen MR) is 74.7 cm³/mol. The van der Waals surface area contributed by atoms with Gasteiger partial charge in [0.1, 0.15) is 0 Å². The van der Waals surface area contributed by atoms with Gasteiger partial charge in [-0.15, -0.1) is 0 Å². The molecule has 2 atom stereocenters. The van der Waals surface area contributed by atoms with Gasteiger partial charge < -0.3 is 10.1 Å². The van der Waals surface area contributed by atoms with Gasteiger partial charge in [0.2, 0.25) is 5.91 Å². The van der Waals surface area contributed by atoms with E-state index in [0.29, 0.717) is 11.8 Å². The molecular weight excluding hydrogens is 294 g/mol. The zero-order valence-electron chi connectivity index (χ0n) is 10.3. The molecule has 1 aliphatic rings. The average Bonchev–Trinajstić information content (AvgIpc) is 2.90. The summed E-state index contributed by atoms with van der Waals surface area (Å²) in [4.78, 5) is 11.9. The topological polar surface area (TPSA) is 38.3 Å². The first-order valence-electron chi connectivity index (χ1n) is 6.31. The van der Waals surface area contributed by atoms with Gasteiger partial charge in [-0.05, 0) is 18.4 Å². The Morgan fingerprint density at radius 2 is 2.22 bits per heavy atom. The molecule has 1 N–H and O–H groups in total. The van der Waals surface area contributed by atoms with Gasteiger partial charge in [0.25, 0.3) is 0 Å². The van der Waals surface area contributed by atoms with E-state index in [0.717, 1.165) is 25.0 Å². The summed E-state index contributed by atoms with van der Waals surface area (Å²) >= 11 is 3.45. The molecule has 1 heterocycles. The molecule has 98 valence electrons. The van der Waals surface area contributed by atoms with Crippen LogP contribution in [-0.2, 0) is 9.53 Å². The minimum Gasteiger partial charge on any atom is -0.378 e. The second-order valence-corrected chi connectivity index (χ2v) is 5.17. The zero-order chi connectivity index (χ0) is 12.8. The van der Waals surface area contributed by atoms with Crippen LogP contribution in [0.4, 0.5) is 0 Å². The third kappa shape index (κ3) is 3.82. The lowest BCUT2D eigenvalue weighted by Gasteiger charge is -2.18. The van der Waals surface area contributed by atoms with Gasteiger partial charge in [-0.2, -0.15) is 0 Å². The Kier molecular flexibility index (Phi) is 5.20. The van der Waals surface area contributed by atoms with Gasteiger partial charge >= 0.3 is 0 Å². The lowest BCUT2D eigenvalue weighted by Crippen LogP contribution is -2.31. The highest BCUT2D eigenvalue weighted by Gasteiger charge is 2.21. The maximum Gasteiger partial charge on any atom is 0.223 e. The lowest BCUT2D eigenvalue weighted by atomic mass is 10.1. The number of rotatable bonds is 5. The molecule has 3 nitrogen and oxygen atoms in total. The molecular formula is C14H18BrNO2. The number of carbonyl (C=O) groups is 1. The van der Waals surface area contributed by atoms with E-state index in [4.69, 9.17) is 4.74 Å². The van der Waals surface area contributed by atoms with Gasteiger partial charge in [-0.3, -0.25) is 4.79 Å². The lowest BCUT2D eigenvalue weighted by molar-refractivity contribution is -0.123. The van der Waals surface area contributed by atoms with Crippen molar-refractivity contribution in [1.82, 2.24) is 5.32 Å². The van der Waals surface area contributed by atoms with Crippen molar-refractivity contribution in [1.29, 1.82) is 0 Å². The van der Waals surface area contributed by atoms with E-state index in [1.807, 2.05) is 30.3 Å². The molecule has 1 aliphatic heterocycles. The summed E-state index contributed by atoms with van der Waals surface area (Å²) in [6.45, 7) is 0.790. The first-order valence-corrected chi connectivity index (χ1v) is 7.43. The van der Waals surface area contributed by atoms with Gasteiger partial charge in [0.15, 0.2) is 0 Å². The first-order chi connectivity index (χ1) is 8.79. The monoisotopic (exact) mass is 311 g/mol. The van der Waals surface area contributed by atoms with E-state index in [9.17, 15) is 4.79 Å². The van der Waals surface area contributed by atoms with Crippen molar-refractivity contribution in [3.8, 4) is 0 Å². The van der Waals surface area contributed by atoms with Crippen LogP contribution in [0.15, 0.2) is 30.3 Å². The van der Waals surface area contributed by atoms with Crippen LogP contribution in [0.2, 0.25) is 0 Å². The van der Waals surface area contributed by atoms with Crippen molar-refractivity contribution in [3.05, 3.63) is 35.9 Å². The summed E-state index contributed by atoms with van der Waals surface area (Å²) in [5, 5.41) is 3.76. The van der Waals surface area contributed by atoms with E-state index >= 15 is 0 Å². The largest absolute Gasteiger partial charge is 0.378 e. The van der Waals surface area contributed by atoms with Gasteiger partial charge in [0, 0.05) is 11.9 Å². The average molecular weight is 312 g/mol. The second-order valence-electron chi connectivity index (χ2n) is 4.52. The van der Waals surface area contributed by atoms with Crippen LogP contribution in [0.5, 0.6) is 0 Å². The van der Waals surface area contributed by atoms with Crippen LogP contribution < -0.4 is 5.32 Å². The summed E-state index contributed by atoms with van der Waals surface area (Å²) in [6, 6.07) is 10.0. The van der Waals surface area contributed by atoms with E-state index < -0.39 is 0 Å². The molecule has 0 saturated carbocycles. The highest BCUT2D eigenvalue weighted by atomic mass is 79.9. The second kappa shape index (κ2) is 6.90. The number of ether oxygens (including phenoxy) is 1. The summed E-state index contributed by atoms with van der Waals surface area (Å²) in [7, 11) is 0. The molecule has 0 aliphatic carbocycles. The maximum absolute atomic E-state index is 11.9. The number of alkyl halides is 1. The fraction of sp³-hybridized carbons (Fsp3) is 0.500. The highest BCUT2D eigenvalue weighted by Crippen LogP contribution is 2.18. The first kappa shape index (κ1) is 13.6. The van der Waals surface area contributed by atoms with Crippen LogP contribution in [0.3, 0.4) is 0 Å². The Morgan fingerprint density at radius 3 is 2.83 bits per heavy atom. The number of halogens is 1. The van der Waals surface area contributed by atoms with Crippen molar-refractivity contribution in [2.75, 3.05) is 11.9 Å². The highest BCUT2D eigenvalue weighted by molar-refractivity contribution is 9.09. The molecule has 1 aromatic rings. The van der Waals surface area contributed by atoms with Crippen LogP contribution in [0.25, 0.3) is 0 Å². The third-order valence-electron chi connectivity index (χ3n) is 3.13. The van der Waals surface area contributed by atoms with Crippen molar-refractivity contribution in [2.24, 2.45) is 0 Å². The normalized spacial score (nSPS) is 20.6. The number of nitrogens with one attached hydrogen (secondary N) is 1. The van der Waals surface area contributed by atoms with Gasteiger partial charge in [0.05, 0.1) is 18.6 Å². The molecule has 2 rings (SSSR count). The molecule has 4 heteroatoms. The molecule has 1 aromatic carbocycles. The van der Waals surface area contributed by atoms with E-state index in [2.05, 4.69) is 21.2 Å². The summed E-state index contributed by atoms with van der Waals surface area (Å²) in [6.07, 6.45) is 2.64. The van der Waals surface area contributed by atoms with Gasteiger partial charge in [-0.1, -0.05) is 46.3 Å².